The zero-order valence-corrected chi connectivity index (χ0v) is 12.5. The van der Waals surface area contributed by atoms with Crippen LogP contribution in [0.2, 0.25) is 0 Å². The molecule has 1 atom stereocenters. The molecule has 7 heteroatoms. The molecule has 1 aromatic rings. The van der Waals surface area contributed by atoms with Crippen molar-refractivity contribution in [2.75, 3.05) is 24.6 Å². The van der Waals surface area contributed by atoms with Crippen LogP contribution in [0.4, 0.5) is 0 Å². The molecule has 0 spiro atoms. The number of hydrogen-bond acceptors (Lipinski definition) is 4. The number of piperidine rings is 1. The van der Waals surface area contributed by atoms with E-state index in [1.165, 1.54) is 0 Å². The Labute approximate surface area is 119 Å². The van der Waals surface area contributed by atoms with Gasteiger partial charge in [0.05, 0.1) is 5.75 Å². The van der Waals surface area contributed by atoms with Gasteiger partial charge in [-0.05, 0) is 25.3 Å². The van der Waals surface area contributed by atoms with E-state index in [0.29, 0.717) is 19.5 Å². The summed E-state index contributed by atoms with van der Waals surface area (Å²) in [5.41, 5.74) is 1.01. The van der Waals surface area contributed by atoms with Gasteiger partial charge < -0.3 is 4.90 Å². The standard InChI is InChI=1S/C13H21N3O3S/c1-2-8-20(18,19)10-13(17)16-7-3-4-11(9-16)12-5-6-14-15-12/h5-6,11H,2-4,7-10H2,1H3,(H,14,15). The molecule has 1 aromatic heterocycles. The first-order valence-corrected chi connectivity index (χ1v) is 8.81. The first kappa shape index (κ1) is 15.0. The fourth-order valence-electron chi connectivity index (χ4n) is 2.61. The van der Waals surface area contributed by atoms with E-state index in [9.17, 15) is 13.2 Å². The summed E-state index contributed by atoms with van der Waals surface area (Å²) in [6, 6.07) is 1.91. The van der Waals surface area contributed by atoms with Crippen molar-refractivity contribution in [1.82, 2.24) is 15.1 Å². The number of aromatic nitrogens is 2. The largest absolute Gasteiger partial charge is 0.341 e. The van der Waals surface area contributed by atoms with Crippen LogP contribution in [0, 0.1) is 0 Å². The summed E-state index contributed by atoms with van der Waals surface area (Å²) in [6.07, 6.45) is 4.13. The highest BCUT2D eigenvalue weighted by Crippen LogP contribution is 2.25. The van der Waals surface area contributed by atoms with Gasteiger partial charge >= 0.3 is 0 Å². The molecule has 0 aliphatic carbocycles. The lowest BCUT2D eigenvalue weighted by molar-refractivity contribution is -0.129. The topological polar surface area (TPSA) is 83.1 Å². The summed E-state index contributed by atoms with van der Waals surface area (Å²) in [5, 5.41) is 6.86. The number of nitrogens with one attached hydrogen (secondary N) is 1. The van der Waals surface area contributed by atoms with Crippen molar-refractivity contribution >= 4 is 15.7 Å². The lowest BCUT2D eigenvalue weighted by Gasteiger charge is -2.32. The van der Waals surface area contributed by atoms with Gasteiger partial charge in [-0.3, -0.25) is 9.89 Å². The van der Waals surface area contributed by atoms with Crippen LogP contribution >= 0.6 is 0 Å². The number of carbonyl (C=O) groups is 1. The number of H-pyrrole nitrogens is 1. The molecule has 0 saturated carbocycles. The lowest BCUT2D eigenvalue weighted by Crippen LogP contribution is -2.42. The van der Waals surface area contributed by atoms with Crippen molar-refractivity contribution in [3.63, 3.8) is 0 Å². The first-order valence-electron chi connectivity index (χ1n) is 6.99. The Morgan fingerprint density at radius 2 is 2.35 bits per heavy atom. The second-order valence-corrected chi connectivity index (χ2v) is 7.47. The molecule has 20 heavy (non-hydrogen) atoms. The molecule has 1 saturated heterocycles. The van der Waals surface area contributed by atoms with Gasteiger partial charge in [-0.15, -0.1) is 0 Å². The summed E-state index contributed by atoms with van der Waals surface area (Å²) in [4.78, 5) is 13.8. The van der Waals surface area contributed by atoms with E-state index in [1.54, 1.807) is 18.0 Å². The second-order valence-electron chi connectivity index (χ2n) is 5.28. The highest BCUT2D eigenvalue weighted by Gasteiger charge is 2.27. The second kappa shape index (κ2) is 6.39. The Bertz CT molecular complexity index is 539. The normalized spacial score (nSPS) is 20.1. The maximum atomic E-state index is 12.1. The Hall–Kier alpha value is -1.37. The average molecular weight is 299 g/mol. The minimum Gasteiger partial charge on any atom is -0.341 e. The minimum atomic E-state index is -3.26. The van der Waals surface area contributed by atoms with E-state index in [0.717, 1.165) is 18.5 Å². The quantitative estimate of drug-likeness (QED) is 0.877. The van der Waals surface area contributed by atoms with Crippen LogP contribution in [0.15, 0.2) is 12.3 Å². The van der Waals surface area contributed by atoms with Gasteiger partial charge in [0.25, 0.3) is 0 Å². The zero-order valence-electron chi connectivity index (χ0n) is 11.7. The summed E-state index contributed by atoms with van der Waals surface area (Å²) in [7, 11) is -3.26. The SMILES string of the molecule is CCCS(=O)(=O)CC(=O)N1CCCC(c2ccn[nH]2)C1. The van der Waals surface area contributed by atoms with Gasteiger partial charge in [-0.2, -0.15) is 5.10 Å². The van der Waals surface area contributed by atoms with E-state index < -0.39 is 9.84 Å². The number of carbonyl (C=O) groups excluding carboxylic acids is 1. The first-order chi connectivity index (χ1) is 9.52. The van der Waals surface area contributed by atoms with Gasteiger partial charge in [0.15, 0.2) is 9.84 Å². The van der Waals surface area contributed by atoms with E-state index in [4.69, 9.17) is 0 Å². The van der Waals surface area contributed by atoms with Crippen LogP contribution in [-0.2, 0) is 14.6 Å². The number of sulfone groups is 1. The number of hydrogen-bond donors (Lipinski definition) is 1. The van der Waals surface area contributed by atoms with Crippen molar-refractivity contribution in [2.24, 2.45) is 0 Å². The van der Waals surface area contributed by atoms with Crippen LogP contribution in [-0.4, -0.2) is 54.0 Å². The molecular weight excluding hydrogens is 278 g/mol. The molecule has 2 rings (SSSR count). The summed E-state index contributed by atoms with van der Waals surface area (Å²) in [6.45, 7) is 3.02. The third-order valence-electron chi connectivity index (χ3n) is 3.59. The van der Waals surface area contributed by atoms with Gasteiger partial charge in [-0.25, -0.2) is 8.42 Å². The Kier molecular flexibility index (Phi) is 4.80. The maximum absolute atomic E-state index is 12.1. The minimum absolute atomic E-state index is 0.0799. The maximum Gasteiger partial charge on any atom is 0.237 e. The van der Waals surface area contributed by atoms with Crippen LogP contribution in [0.1, 0.15) is 37.8 Å². The van der Waals surface area contributed by atoms with E-state index in [1.807, 2.05) is 6.07 Å². The number of likely N-dealkylation sites (tertiary alicyclic amines) is 1. The average Bonchev–Trinajstić information content (AvgIpc) is 2.92. The third-order valence-corrected chi connectivity index (χ3v) is 5.31. The molecule has 1 unspecified atom stereocenters. The van der Waals surface area contributed by atoms with Crippen LogP contribution < -0.4 is 0 Å². The fourth-order valence-corrected chi connectivity index (χ4v) is 3.94. The number of amides is 1. The van der Waals surface area contributed by atoms with E-state index in [-0.39, 0.29) is 23.3 Å². The molecule has 112 valence electrons. The monoisotopic (exact) mass is 299 g/mol. The van der Waals surface area contributed by atoms with Gasteiger partial charge in [-0.1, -0.05) is 6.92 Å². The molecule has 2 heterocycles. The smallest absolute Gasteiger partial charge is 0.237 e. The molecule has 1 N–H and O–H groups in total. The van der Waals surface area contributed by atoms with E-state index >= 15 is 0 Å². The fraction of sp³-hybridized carbons (Fsp3) is 0.692. The van der Waals surface area contributed by atoms with Crippen LogP contribution in [0.5, 0.6) is 0 Å². The van der Waals surface area contributed by atoms with Crippen LogP contribution in [0.3, 0.4) is 0 Å². The molecule has 0 radical (unpaired) electrons. The Morgan fingerprint density at radius 1 is 1.55 bits per heavy atom. The van der Waals surface area contributed by atoms with E-state index in [2.05, 4.69) is 10.2 Å². The Balaban J connectivity index is 1.97. The predicted octanol–water partition coefficient (Wildman–Crippen LogP) is 0.940. The van der Waals surface area contributed by atoms with Crippen molar-refractivity contribution < 1.29 is 13.2 Å². The molecule has 1 aliphatic heterocycles. The highest BCUT2D eigenvalue weighted by atomic mass is 32.2. The summed E-state index contributed by atoms with van der Waals surface area (Å²) >= 11 is 0. The Morgan fingerprint density at radius 3 is 3.00 bits per heavy atom. The number of rotatable bonds is 5. The molecule has 6 nitrogen and oxygen atoms in total. The van der Waals surface area contributed by atoms with Crippen LogP contribution in [0.25, 0.3) is 0 Å². The molecule has 1 aliphatic rings. The highest BCUT2D eigenvalue weighted by molar-refractivity contribution is 7.92. The molecular formula is C13H21N3O3S. The summed E-state index contributed by atoms with van der Waals surface area (Å²) in [5.74, 6) is -0.334. The molecule has 0 aromatic carbocycles. The van der Waals surface area contributed by atoms with Gasteiger partial charge in [0.1, 0.15) is 5.75 Å². The zero-order chi connectivity index (χ0) is 14.6. The van der Waals surface area contributed by atoms with Crippen molar-refractivity contribution in [2.45, 2.75) is 32.1 Å². The van der Waals surface area contributed by atoms with Crippen molar-refractivity contribution in [1.29, 1.82) is 0 Å². The van der Waals surface area contributed by atoms with Crippen molar-refractivity contribution in [3.05, 3.63) is 18.0 Å². The molecule has 1 amide bonds. The number of nitrogens with zero attached hydrogens (tertiary/aromatic N) is 2. The number of aromatic amines is 1. The van der Waals surface area contributed by atoms with Crippen molar-refractivity contribution in [3.8, 4) is 0 Å². The third kappa shape index (κ3) is 3.82. The molecule has 0 bridgehead atoms. The van der Waals surface area contributed by atoms with Gasteiger partial charge in [0, 0.05) is 30.9 Å². The lowest BCUT2D eigenvalue weighted by atomic mass is 9.95. The molecule has 1 fully saturated rings. The van der Waals surface area contributed by atoms with Gasteiger partial charge in [0.2, 0.25) is 5.91 Å². The predicted molar refractivity (Wildman–Crippen MR) is 76.1 cm³/mol. The summed E-state index contributed by atoms with van der Waals surface area (Å²) < 4.78 is 23.5.